The van der Waals surface area contributed by atoms with Gasteiger partial charge >= 0.3 is 0 Å². The fourth-order valence-corrected chi connectivity index (χ4v) is 2.66. The predicted octanol–water partition coefficient (Wildman–Crippen LogP) is 4.14. The van der Waals surface area contributed by atoms with Gasteiger partial charge in [0, 0.05) is 23.3 Å². The van der Waals surface area contributed by atoms with Crippen LogP contribution in [0.1, 0.15) is 5.56 Å². The molecular weight excluding hydrogens is 326 g/mol. The second-order valence-corrected chi connectivity index (χ2v) is 5.77. The van der Waals surface area contributed by atoms with Gasteiger partial charge in [-0.2, -0.15) is 0 Å². The Labute approximate surface area is 144 Å². The Kier molecular flexibility index (Phi) is 3.92. The van der Waals surface area contributed by atoms with Crippen LogP contribution in [-0.4, -0.2) is 16.8 Å². The SMILES string of the molecule is Clc1ccc(CNc2ncncc2-c2ccc3c(c2)OCO3)cc1. The van der Waals surface area contributed by atoms with E-state index in [1.165, 1.54) is 6.33 Å². The van der Waals surface area contributed by atoms with Crippen molar-refractivity contribution < 1.29 is 9.47 Å². The van der Waals surface area contributed by atoms with Crippen LogP contribution in [0.3, 0.4) is 0 Å². The molecule has 3 aromatic rings. The molecule has 24 heavy (non-hydrogen) atoms. The second-order valence-electron chi connectivity index (χ2n) is 5.33. The van der Waals surface area contributed by atoms with Crippen LogP contribution in [0.15, 0.2) is 55.0 Å². The molecule has 1 N–H and O–H groups in total. The fraction of sp³-hybridized carbons (Fsp3) is 0.111. The molecule has 1 aliphatic heterocycles. The first kappa shape index (κ1) is 14.8. The minimum atomic E-state index is 0.256. The van der Waals surface area contributed by atoms with Crippen LogP contribution >= 0.6 is 11.6 Å². The molecule has 6 heteroatoms. The van der Waals surface area contributed by atoms with Crippen LogP contribution in [0.4, 0.5) is 5.82 Å². The number of ether oxygens (including phenoxy) is 2. The lowest BCUT2D eigenvalue weighted by atomic mass is 10.1. The van der Waals surface area contributed by atoms with Crippen molar-refractivity contribution in [1.29, 1.82) is 0 Å². The zero-order valence-corrected chi connectivity index (χ0v) is 13.5. The number of nitrogens with one attached hydrogen (secondary N) is 1. The van der Waals surface area contributed by atoms with Crippen molar-refractivity contribution >= 4 is 17.4 Å². The van der Waals surface area contributed by atoms with E-state index in [1.807, 2.05) is 42.5 Å². The lowest BCUT2D eigenvalue weighted by Crippen LogP contribution is -2.03. The number of nitrogens with zero attached hydrogens (tertiary/aromatic N) is 2. The minimum Gasteiger partial charge on any atom is -0.454 e. The van der Waals surface area contributed by atoms with Crippen LogP contribution < -0.4 is 14.8 Å². The summed E-state index contributed by atoms with van der Waals surface area (Å²) in [5, 5.41) is 4.07. The number of benzene rings is 2. The van der Waals surface area contributed by atoms with E-state index in [0.717, 1.165) is 39.0 Å². The van der Waals surface area contributed by atoms with Crippen molar-refractivity contribution in [3.63, 3.8) is 0 Å². The van der Waals surface area contributed by atoms with Gasteiger partial charge in [-0.25, -0.2) is 9.97 Å². The Morgan fingerprint density at radius 1 is 1.04 bits per heavy atom. The van der Waals surface area contributed by atoms with Gasteiger partial charge in [-0.05, 0) is 35.4 Å². The van der Waals surface area contributed by atoms with Gasteiger partial charge < -0.3 is 14.8 Å². The van der Waals surface area contributed by atoms with Crippen molar-refractivity contribution in [1.82, 2.24) is 9.97 Å². The van der Waals surface area contributed by atoms with Crippen LogP contribution in [0.25, 0.3) is 11.1 Å². The Bertz CT molecular complexity index is 868. The minimum absolute atomic E-state index is 0.256. The molecule has 0 saturated heterocycles. The Morgan fingerprint density at radius 3 is 2.75 bits per heavy atom. The first-order valence-corrected chi connectivity index (χ1v) is 7.86. The number of halogens is 1. The van der Waals surface area contributed by atoms with Gasteiger partial charge in [0.2, 0.25) is 6.79 Å². The summed E-state index contributed by atoms with van der Waals surface area (Å²) >= 11 is 5.92. The summed E-state index contributed by atoms with van der Waals surface area (Å²) in [5.74, 6) is 2.25. The summed E-state index contributed by atoms with van der Waals surface area (Å²) in [5.41, 5.74) is 3.00. The molecule has 2 aromatic carbocycles. The summed E-state index contributed by atoms with van der Waals surface area (Å²) in [6.45, 7) is 0.900. The zero-order valence-electron chi connectivity index (χ0n) is 12.7. The van der Waals surface area contributed by atoms with E-state index in [0.29, 0.717) is 6.54 Å². The van der Waals surface area contributed by atoms with Crippen LogP contribution in [-0.2, 0) is 6.54 Å². The maximum atomic E-state index is 5.92. The monoisotopic (exact) mass is 339 g/mol. The normalized spacial score (nSPS) is 12.2. The van der Waals surface area contributed by atoms with Crippen LogP contribution in [0.5, 0.6) is 11.5 Å². The molecule has 5 nitrogen and oxygen atoms in total. The molecule has 1 aliphatic rings. The van der Waals surface area contributed by atoms with Crippen molar-refractivity contribution in [3.8, 4) is 22.6 Å². The van der Waals surface area contributed by atoms with Crippen LogP contribution in [0, 0.1) is 0 Å². The second kappa shape index (κ2) is 6.37. The maximum Gasteiger partial charge on any atom is 0.231 e. The number of hydrogen-bond donors (Lipinski definition) is 1. The molecule has 0 fully saturated rings. The van der Waals surface area contributed by atoms with Gasteiger partial charge in [-0.3, -0.25) is 0 Å². The molecule has 120 valence electrons. The standard InChI is InChI=1S/C18H14ClN3O2/c19-14-4-1-12(2-5-14)8-21-18-15(9-20-10-22-18)13-3-6-16-17(7-13)24-11-23-16/h1-7,9-10H,8,11H2,(H,20,21,22). The molecule has 0 amide bonds. The highest BCUT2D eigenvalue weighted by molar-refractivity contribution is 6.30. The summed E-state index contributed by atoms with van der Waals surface area (Å²) in [6.07, 6.45) is 3.31. The number of fused-ring (bicyclic) bond motifs is 1. The van der Waals surface area contributed by atoms with Gasteiger partial charge in [0.05, 0.1) is 0 Å². The average Bonchev–Trinajstić information content (AvgIpc) is 3.09. The lowest BCUT2D eigenvalue weighted by molar-refractivity contribution is 0.174. The predicted molar refractivity (Wildman–Crippen MR) is 92.4 cm³/mol. The largest absolute Gasteiger partial charge is 0.454 e. The van der Waals surface area contributed by atoms with Gasteiger partial charge in [0.25, 0.3) is 0 Å². The van der Waals surface area contributed by atoms with E-state index < -0.39 is 0 Å². The molecule has 0 saturated carbocycles. The molecule has 0 unspecified atom stereocenters. The summed E-state index contributed by atoms with van der Waals surface area (Å²) in [4.78, 5) is 8.50. The van der Waals surface area contributed by atoms with E-state index in [-0.39, 0.29) is 6.79 Å². The number of anilines is 1. The lowest BCUT2D eigenvalue weighted by Gasteiger charge is -2.11. The van der Waals surface area contributed by atoms with Crippen molar-refractivity contribution in [3.05, 3.63) is 65.6 Å². The molecule has 0 atom stereocenters. The zero-order chi connectivity index (χ0) is 16.4. The van der Waals surface area contributed by atoms with Gasteiger partial charge in [0.15, 0.2) is 11.5 Å². The highest BCUT2D eigenvalue weighted by atomic mass is 35.5. The first-order chi connectivity index (χ1) is 11.8. The third-order valence-corrected chi connectivity index (χ3v) is 4.02. The average molecular weight is 340 g/mol. The van der Waals surface area contributed by atoms with E-state index in [9.17, 15) is 0 Å². The van der Waals surface area contributed by atoms with Gasteiger partial charge in [-0.1, -0.05) is 29.8 Å². The Morgan fingerprint density at radius 2 is 1.88 bits per heavy atom. The van der Waals surface area contributed by atoms with E-state index in [4.69, 9.17) is 21.1 Å². The smallest absolute Gasteiger partial charge is 0.231 e. The highest BCUT2D eigenvalue weighted by Gasteiger charge is 2.15. The molecule has 0 spiro atoms. The third-order valence-electron chi connectivity index (χ3n) is 3.77. The Hall–Kier alpha value is -2.79. The summed E-state index contributed by atoms with van der Waals surface area (Å²) < 4.78 is 10.8. The van der Waals surface area contributed by atoms with Crippen molar-refractivity contribution in [2.24, 2.45) is 0 Å². The summed E-state index contributed by atoms with van der Waals surface area (Å²) in [7, 11) is 0. The molecule has 4 rings (SSSR count). The van der Waals surface area contributed by atoms with Crippen molar-refractivity contribution in [2.45, 2.75) is 6.54 Å². The molecule has 0 aliphatic carbocycles. The number of hydrogen-bond acceptors (Lipinski definition) is 5. The van der Waals surface area contributed by atoms with Gasteiger partial charge in [-0.15, -0.1) is 0 Å². The first-order valence-electron chi connectivity index (χ1n) is 7.48. The molecule has 1 aromatic heterocycles. The molecule has 2 heterocycles. The molecular formula is C18H14ClN3O2. The Balaban J connectivity index is 1.59. The number of aromatic nitrogens is 2. The fourth-order valence-electron chi connectivity index (χ4n) is 2.53. The third kappa shape index (κ3) is 2.98. The topological polar surface area (TPSA) is 56.3 Å². The quantitative estimate of drug-likeness (QED) is 0.774. The summed E-state index contributed by atoms with van der Waals surface area (Å²) in [6, 6.07) is 13.5. The van der Waals surface area contributed by atoms with E-state index >= 15 is 0 Å². The highest BCUT2D eigenvalue weighted by Crippen LogP contribution is 2.37. The maximum absolute atomic E-state index is 5.92. The van der Waals surface area contributed by atoms with Crippen LogP contribution in [0.2, 0.25) is 5.02 Å². The molecule has 0 bridgehead atoms. The van der Waals surface area contributed by atoms with Crippen molar-refractivity contribution in [2.75, 3.05) is 12.1 Å². The van der Waals surface area contributed by atoms with Gasteiger partial charge in [0.1, 0.15) is 12.1 Å². The van der Waals surface area contributed by atoms with E-state index in [1.54, 1.807) is 6.20 Å². The molecule has 0 radical (unpaired) electrons. The number of rotatable bonds is 4. The van der Waals surface area contributed by atoms with E-state index in [2.05, 4.69) is 15.3 Å².